The van der Waals surface area contributed by atoms with Gasteiger partial charge >= 0.3 is 5.69 Å². The molecule has 10 nitrogen and oxygen atoms in total. The quantitative estimate of drug-likeness (QED) is 0.461. The number of benzene rings is 2. The molecule has 2 aromatic carbocycles. The summed E-state index contributed by atoms with van der Waals surface area (Å²) >= 11 is 0. The lowest BCUT2D eigenvalue weighted by Gasteiger charge is -2.30. The van der Waals surface area contributed by atoms with Crippen LogP contribution in [0.3, 0.4) is 0 Å². The van der Waals surface area contributed by atoms with Gasteiger partial charge in [-0.3, -0.25) is 14.2 Å². The van der Waals surface area contributed by atoms with Crippen LogP contribution in [0.1, 0.15) is 48.2 Å². The molecule has 1 saturated carbocycles. The largest absolute Gasteiger partial charge is 0.497 e. The fourth-order valence-corrected chi connectivity index (χ4v) is 4.67. The number of carbonyl (C=O) groups excluding carboxylic acids is 1. The molecule has 1 aliphatic carbocycles. The van der Waals surface area contributed by atoms with Crippen molar-refractivity contribution in [2.45, 2.75) is 44.7 Å². The predicted molar refractivity (Wildman–Crippen MR) is 138 cm³/mol. The average molecular weight is 509 g/mol. The smallest absolute Gasteiger partial charge is 0.352 e. The number of methoxy groups -OCH3 is 3. The molecule has 0 radical (unpaired) electrons. The van der Waals surface area contributed by atoms with Crippen LogP contribution in [-0.2, 0) is 6.54 Å². The highest BCUT2D eigenvalue weighted by Gasteiger charge is 2.28. The summed E-state index contributed by atoms with van der Waals surface area (Å²) in [6.45, 7) is -0.0574. The van der Waals surface area contributed by atoms with Gasteiger partial charge in [0.2, 0.25) is 5.69 Å². The number of amides is 1. The first-order valence-electron chi connectivity index (χ1n) is 12.2. The van der Waals surface area contributed by atoms with E-state index in [1.165, 1.54) is 14.2 Å². The van der Waals surface area contributed by atoms with Gasteiger partial charge in [0.05, 0.1) is 33.6 Å². The lowest BCUT2D eigenvalue weighted by Crippen LogP contribution is -2.48. The molecule has 0 N–H and O–H groups in total. The van der Waals surface area contributed by atoms with Gasteiger partial charge in [0.15, 0.2) is 11.5 Å². The van der Waals surface area contributed by atoms with Gasteiger partial charge in [-0.25, -0.2) is 4.79 Å². The number of nitrogens with zero attached hydrogens (tertiary/aromatic N) is 4. The Bertz CT molecular complexity index is 1390. The van der Waals surface area contributed by atoms with Crippen molar-refractivity contribution in [2.24, 2.45) is 0 Å². The van der Waals surface area contributed by atoms with Crippen LogP contribution < -0.4 is 25.5 Å². The van der Waals surface area contributed by atoms with Gasteiger partial charge in [-0.15, -0.1) is 0 Å². The van der Waals surface area contributed by atoms with Crippen LogP contribution in [0.25, 0.3) is 5.69 Å². The molecule has 10 heteroatoms. The third-order valence-electron chi connectivity index (χ3n) is 6.79. The molecule has 0 spiro atoms. The van der Waals surface area contributed by atoms with E-state index >= 15 is 0 Å². The van der Waals surface area contributed by atoms with Crippen LogP contribution in [-0.4, -0.2) is 59.6 Å². The molecule has 1 aromatic heterocycles. The van der Waals surface area contributed by atoms with Gasteiger partial charge in [-0.2, -0.15) is 9.78 Å². The van der Waals surface area contributed by atoms with Gasteiger partial charge in [0.1, 0.15) is 5.75 Å². The van der Waals surface area contributed by atoms with E-state index in [9.17, 15) is 14.4 Å². The molecule has 1 fully saturated rings. The van der Waals surface area contributed by atoms with Crippen molar-refractivity contribution in [2.75, 3.05) is 28.4 Å². The number of hydrogen-bond donors (Lipinski definition) is 0. The van der Waals surface area contributed by atoms with E-state index in [4.69, 9.17) is 14.2 Å². The molecule has 196 valence electrons. The van der Waals surface area contributed by atoms with Crippen LogP contribution in [0.4, 0.5) is 0 Å². The van der Waals surface area contributed by atoms with E-state index in [1.54, 1.807) is 61.5 Å². The number of hydrogen-bond acceptors (Lipinski definition) is 7. The molecular weight excluding hydrogens is 476 g/mol. The van der Waals surface area contributed by atoms with Crippen LogP contribution in [0, 0.1) is 0 Å². The zero-order valence-electron chi connectivity index (χ0n) is 21.6. The topological polar surface area (TPSA) is 105 Å². The summed E-state index contributed by atoms with van der Waals surface area (Å²) in [6, 6.07) is 11.9. The van der Waals surface area contributed by atoms with E-state index in [2.05, 4.69) is 5.10 Å². The van der Waals surface area contributed by atoms with Crippen molar-refractivity contribution in [3.05, 3.63) is 74.6 Å². The lowest BCUT2D eigenvalue weighted by molar-refractivity contribution is 0.0684. The summed E-state index contributed by atoms with van der Waals surface area (Å²) in [5.74, 6) is 0.933. The van der Waals surface area contributed by atoms with Crippen molar-refractivity contribution >= 4 is 5.91 Å². The molecular formula is C27H32N4O6. The van der Waals surface area contributed by atoms with Gasteiger partial charge < -0.3 is 19.1 Å². The van der Waals surface area contributed by atoms with Gasteiger partial charge in [-0.05, 0) is 42.7 Å². The first kappa shape index (κ1) is 26.0. The molecule has 37 heavy (non-hydrogen) atoms. The Morgan fingerprint density at radius 1 is 0.973 bits per heavy atom. The third kappa shape index (κ3) is 5.37. The maximum atomic E-state index is 13.6. The van der Waals surface area contributed by atoms with Crippen molar-refractivity contribution in [1.82, 2.24) is 19.2 Å². The Labute approximate surface area is 215 Å². The van der Waals surface area contributed by atoms with Crippen LogP contribution in [0.5, 0.6) is 17.2 Å². The molecule has 0 unspecified atom stereocenters. The van der Waals surface area contributed by atoms with E-state index in [1.807, 2.05) is 0 Å². The lowest BCUT2D eigenvalue weighted by atomic mass is 9.94. The Balaban J connectivity index is 1.86. The monoisotopic (exact) mass is 508 g/mol. The van der Waals surface area contributed by atoms with E-state index in [0.717, 1.165) is 41.4 Å². The highest BCUT2D eigenvalue weighted by Crippen LogP contribution is 2.28. The van der Waals surface area contributed by atoms with Crippen molar-refractivity contribution in [1.29, 1.82) is 0 Å². The Morgan fingerprint density at radius 3 is 2.38 bits per heavy atom. The van der Waals surface area contributed by atoms with Crippen LogP contribution >= 0.6 is 0 Å². The molecule has 3 aromatic rings. The number of ether oxygens (including phenoxy) is 3. The fraction of sp³-hybridized carbons (Fsp3) is 0.407. The first-order chi connectivity index (χ1) is 17.9. The molecule has 0 saturated heterocycles. The first-order valence-corrected chi connectivity index (χ1v) is 12.2. The second kappa shape index (κ2) is 11.3. The normalized spacial score (nSPS) is 13.7. The minimum Gasteiger partial charge on any atom is -0.497 e. The third-order valence-corrected chi connectivity index (χ3v) is 6.79. The second-order valence-electron chi connectivity index (χ2n) is 9.03. The van der Waals surface area contributed by atoms with Gasteiger partial charge in [0.25, 0.3) is 11.5 Å². The number of carbonyl (C=O) groups is 1. The Morgan fingerprint density at radius 2 is 1.70 bits per heavy atom. The average Bonchev–Trinajstić information content (AvgIpc) is 2.94. The summed E-state index contributed by atoms with van der Waals surface area (Å²) < 4.78 is 18.1. The van der Waals surface area contributed by atoms with E-state index in [0.29, 0.717) is 28.5 Å². The van der Waals surface area contributed by atoms with E-state index in [-0.39, 0.29) is 18.3 Å². The zero-order valence-corrected chi connectivity index (χ0v) is 21.6. The Kier molecular flexibility index (Phi) is 7.95. The summed E-state index contributed by atoms with van der Waals surface area (Å²) in [5.41, 5.74) is -0.737. The highest BCUT2D eigenvalue weighted by molar-refractivity contribution is 5.91. The molecule has 4 rings (SSSR count). The maximum absolute atomic E-state index is 13.6. The predicted octanol–water partition coefficient (Wildman–Crippen LogP) is 2.87. The summed E-state index contributed by atoms with van der Waals surface area (Å²) in [7, 11) is 6.22. The van der Waals surface area contributed by atoms with Gasteiger partial charge in [0, 0.05) is 19.2 Å². The summed E-state index contributed by atoms with van der Waals surface area (Å²) in [6.07, 6.45) is 4.93. The minimum absolute atomic E-state index is 0.0238. The van der Waals surface area contributed by atoms with Gasteiger partial charge in [-0.1, -0.05) is 31.4 Å². The highest BCUT2D eigenvalue weighted by atomic mass is 16.5. The fourth-order valence-electron chi connectivity index (χ4n) is 4.67. The Hall–Kier alpha value is -4.08. The molecule has 0 bridgehead atoms. The maximum Gasteiger partial charge on any atom is 0.352 e. The van der Waals surface area contributed by atoms with Crippen LogP contribution in [0.15, 0.2) is 52.1 Å². The van der Waals surface area contributed by atoms with Crippen molar-refractivity contribution in [3.8, 4) is 22.9 Å². The molecule has 1 aliphatic rings. The summed E-state index contributed by atoms with van der Waals surface area (Å²) in [4.78, 5) is 42.3. The number of rotatable bonds is 8. The molecule has 1 amide bonds. The summed E-state index contributed by atoms with van der Waals surface area (Å²) in [5, 5.41) is 4.28. The molecule has 0 atom stereocenters. The minimum atomic E-state index is -0.739. The molecule has 0 aliphatic heterocycles. The zero-order chi connectivity index (χ0) is 26.5. The van der Waals surface area contributed by atoms with Crippen LogP contribution in [0.2, 0.25) is 0 Å². The van der Waals surface area contributed by atoms with Crippen molar-refractivity contribution < 1.29 is 19.0 Å². The SMILES string of the molecule is COc1cccc(Cn2c(=O)c(C(=O)N(C)C3CCCCC3)nn(-c3ccc(OC)c(OC)c3)c2=O)c1. The van der Waals surface area contributed by atoms with E-state index < -0.39 is 17.2 Å². The number of aromatic nitrogens is 3. The second-order valence-corrected chi connectivity index (χ2v) is 9.03. The standard InChI is InChI=1S/C27H32N4O6/c1-29(19-10-6-5-7-11-19)25(32)24-26(33)30(17-18-9-8-12-21(15-18)35-2)27(34)31(28-24)20-13-14-22(36-3)23(16-20)37-4/h8-9,12-16,19H,5-7,10-11,17H2,1-4H3. The van der Waals surface area contributed by atoms with Crippen molar-refractivity contribution in [3.63, 3.8) is 0 Å². The molecule has 1 heterocycles.